The fourth-order valence-electron chi connectivity index (χ4n) is 1.92. The van der Waals surface area contributed by atoms with Crippen molar-refractivity contribution in [3.63, 3.8) is 0 Å². The van der Waals surface area contributed by atoms with E-state index in [0.717, 1.165) is 11.3 Å². The van der Waals surface area contributed by atoms with Gasteiger partial charge in [-0.15, -0.1) is 0 Å². The average Bonchev–Trinajstić information content (AvgIpc) is 2.97. The molecule has 3 aromatic rings. The third kappa shape index (κ3) is 3.01. The van der Waals surface area contributed by atoms with Crippen LogP contribution in [0, 0.1) is 0 Å². The number of aliphatic hydroxyl groups is 2. The number of hydrogen-bond acceptors (Lipinski definition) is 6. The number of anilines is 1. The number of rotatable bonds is 5. The molecule has 3 N–H and O–H groups in total. The van der Waals surface area contributed by atoms with Gasteiger partial charge in [-0.2, -0.15) is 4.98 Å². The van der Waals surface area contributed by atoms with Crippen molar-refractivity contribution in [3.8, 4) is 11.5 Å². The molecule has 0 aliphatic rings. The molecule has 1 atom stereocenters. The van der Waals surface area contributed by atoms with Crippen LogP contribution in [0.2, 0.25) is 0 Å². The Kier molecular flexibility index (Phi) is 3.81. The van der Waals surface area contributed by atoms with Crippen LogP contribution < -0.4 is 5.32 Å². The molecule has 1 unspecified atom stereocenters. The second-order valence-electron chi connectivity index (χ2n) is 4.64. The zero-order chi connectivity index (χ0) is 14.7. The predicted octanol–water partition coefficient (Wildman–Crippen LogP) is 1.65. The SMILES string of the molecule is OCC(O)CNc1ccc(-c2nc3ncccc3o2)cc1. The second kappa shape index (κ2) is 5.90. The Morgan fingerprint density at radius 2 is 2.00 bits per heavy atom. The van der Waals surface area contributed by atoms with E-state index in [4.69, 9.17) is 9.52 Å². The number of benzene rings is 1. The molecule has 6 heteroatoms. The molecule has 0 spiro atoms. The van der Waals surface area contributed by atoms with Crippen molar-refractivity contribution in [1.82, 2.24) is 9.97 Å². The van der Waals surface area contributed by atoms with Gasteiger partial charge in [-0.25, -0.2) is 4.98 Å². The van der Waals surface area contributed by atoms with E-state index >= 15 is 0 Å². The van der Waals surface area contributed by atoms with Crippen molar-refractivity contribution >= 4 is 16.9 Å². The summed E-state index contributed by atoms with van der Waals surface area (Å²) in [5, 5.41) is 21.1. The molecule has 3 rings (SSSR count). The van der Waals surface area contributed by atoms with Crippen molar-refractivity contribution in [2.45, 2.75) is 6.10 Å². The summed E-state index contributed by atoms with van der Waals surface area (Å²) >= 11 is 0. The highest BCUT2D eigenvalue weighted by Crippen LogP contribution is 2.24. The summed E-state index contributed by atoms with van der Waals surface area (Å²) in [5.41, 5.74) is 2.93. The lowest BCUT2D eigenvalue weighted by atomic mass is 10.2. The van der Waals surface area contributed by atoms with Gasteiger partial charge in [0.2, 0.25) is 5.89 Å². The summed E-state index contributed by atoms with van der Waals surface area (Å²) in [6, 6.07) is 11.1. The first kappa shape index (κ1) is 13.5. The van der Waals surface area contributed by atoms with Crippen LogP contribution in [0.1, 0.15) is 0 Å². The Morgan fingerprint density at radius 1 is 1.19 bits per heavy atom. The second-order valence-corrected chi connectivity index (χ2v) is 4.64. The van der Waals surface area contributed by atoms with E-state index < -0.39 is 6.10 Å². The van der Waals surface area contributed by atoms with Crippen LogP contribution >= 0.6 is 0 Å². The Hall–Kier alpha value is -2.44. The molecule has 0 saturated carbocycles. The fourth-order valence-corrected chi connectivity index (χ4v) is 1.92. The van der Waals surface area contributed by atoms with Crippen molar-refractivity contribution < 1.29 is 14.6 Å². The highest BCUT2D eigenvalue weighted by atomic mass is 16.3. The van der Waals surface area contributed by atoms with Gasteiger partial charge in [-0.3, -0.25) is 0 Å². The molecular formula is C15H15N3O3. The van der Waals surface area contributed by atoms with Crippen LogP contribution in [-0.2, 0) is 0 Å². The number of aliphatic hydroxyl groups excluding tert-OH is 2. The van der Waals surface area contributed by atoms with E-state index in [0.29, 0.717) is 23.7 Å². The van der Waals surface area contributed by atoms with Gasteiger partial charge < -0.3 is 19.9 Å². The molecule has 6 nitrogen and oxygen atoms in total. The average molecular weight is 285 g/mol. The van der Waals surface area contributed by atoms with Crippen LogP contribution in [0.25, 0.3) is 22.7 Å². The molecule has 0 aliphatic carbocycles. The lowest BCUT2D eigenvalue weighted by Crippen LogP contribution is -2.22. The summed E-state index contributed by atoms with van der Waals surface area (Å²) in [5.74, 6) is 0.519. The Labute approximate surface area is 121 Å². The summed E-state index contributed by atoms with van der Waals surface area (Å²) in [7, 11) is 0. The number of fused-ring (bicyclic) bond motifs is 1. The normalized spacial score (nSPS) is 12.5. The minimum Gasteiger partial charge on any atom is -0.434 e. The third-order valence-corrected chi connectivity index (χ3v) is 3.05. The molecule has 0 fully saturated rings. The number of oxazole rings is 1. The molecule has 0 amide bonds. The number of pyridine rings is 1. The minimum absolute atomic E-state index is 0.263. The largest absolute Gasteiger partial charge is 0.434 e. The quantitative estimate of drug-likeness (QED) is 0.660. The number of hydrogen-bond donors (Lipinski definition) is 3. The fraction of sp³-hybridized carbons (Fsp3) is 0.200. The molecule has 2 heterocycles. The maximum atomic E-state index is 9.29. The van der Waals surface area contributed by atoms with Gasteiger partial charge in [-0.05, 0) is 36.4 Å². The van der Waals surface area contributed by atoms with Gasteiger partial charge in [0.15, 0.2) is 11.2 Å². The van der Waals surface area contributed by atoms with Crippen LogP contribution in [-0.4, -0.2) is 39.4 Å². The molecule has 0 aliphatic heterocycles. The van der Waals surface area contributed by atoms with E-state index in [1.165, 1.54) is 0 Å². The molecule has 0 radical (unpaired) electrons. The number of aromatic nitrogens is 2. The van der Waals surface area contributed by atoms with Gasteiger partial charge in [0, 0.05) is 24.0 Å². The first-order valence-corrected chi connectivity index (χ1v) is 6.61. The maximum absolute atomic E-state index is 9.29. The van der Waals surface area contributed by atoms with E-state index in [1.807, 2.05) is 30.3 Å². The molecule has 0 bridgehead atoms. The lowest BCUT2D eigenvalue weighted by molar-refractivity contribution is 0.105. The van der Waals surface area contributed by atoms with Crippen molar-refractivity contribution in [3.05, 3.63) is 42.6 Å². The summed E-state index contributed by atoms with van der Waals surface area (Å²) < 4.78 is 5.64. The molecule has 21 heavy (non-hydrogen) atoms. The molecular weight excluding hydrogens is 270 g/mol. The summed E-state index contributed by atoms with van der Waals surface area (Å²) in [6.45, 7) is 0.0314. The van der Waals surface area contributed by atoms with E-state index in [1.54, 1.807) is 12.3 Å². The highest BCUT2D eigenvalue weighted by molar-refractivity contribution is 5.72. The predicted molar refractivity (Wildman–Crippen MR) is 78.8 cm³/mol. The van der Waals surface area contributed by atoms with Gasteiger partial charge in [0.25, 0.3) is 0 Å². The van der Waals surface area contributed by atoms with E-state index in [-0.39, 0.29) is 6.61 Å². The smallest absolute Gasteiger partial charge is 0.228 e. The lowest BCUT2D eigenvalue weighted by Gasteiger charge is -2.10. The first-order chi connectivity index (χ1) is 10.3. The molecule has 108 valence electrons. The van der Waals surface area contributed by atoms with Crippen molar-refractivity contribution in [2.24, 2.45) is 0 Å². The zero-order valence-corrected chi connectivity index (χ0v) is 11.2. The summed E-state index contributed by atoms with van der Waals surface area (Å²) in [4.78, 5) is 8.46. The highest BCUT2D eigenvalue weighted by Gasteiger charge is 2.08. The van der Waals surface area contributed by atoms with Crippen LogP contribution in [0.4, 0.5) is 5.69 Å². The van der Waals surface area contributed by atoms with Gasteiger partial charge >= 0.3 is 0 Å². The van der Waals surface area contributed by atoms with Crippen molar-refractivity contribution in [1.29, 1.82) is 0 Å². The Morgan fingerprint density at radius 3 is 2.71 bits per heavy atom. The minimum atomic E-state index is -0.771. The number of nitrogens with zero attached hydrogens (tertiary/aromatic N) is 2. The molecule has 2 aromatic heterocycles. The Bertz CT molecular complexity index is 691. The van der Waals surface area contributed by atoms with Crippen molar-refractivity contribution in [2.75, 3.05) is 18.5 Å². The maximum Gasteiger partial charge on any atom is 0.228 e. The van der Waals surface area contributed by atoms with Gasteiger partial charge in [0.1, 0.15) is 0 Å². The van der Waals surface area contributed by atoms with Crippen LogP contribution in [0.3, 0.4) is 0 Å². The standard InChI is InChI=1S/C15H15N3O3/c19-9-12(20)8-17-11-5-3-10(4-6-11)15-18-14-13(21-15)2-1-7-16-14/h1-7,12,17,19-20H,8-9H2. The molecule has 1 aromatic carbocycles. The van der Waals surface area contributed by atoms with Gasteiger partial charge in [-0.1, -0.05) is 0 Å². The molecule has 0 saturated heterocycles. The third-order valence-electron chi connectivity index (χ3n) is 3.05. The van der Waals surface area contributed by atoms with E-state index in [2.05, 4.69) is 15.3 Å². The van der Waals surface area contributed by atoms with Crippen LogP contribution in [0.5, 0.6) is 0 Å². The zero-order valence-electron chi connectivity index (χ0n) is 11.2. The number of nitrogens with one attached hydrogen (secondary N) is 1. The monoisotopic (exact) mass is 285 g/mol. The summed E-state index contributed by atoms with van der Waals surface area (Å²) in [6.07, 6.45) is 0.904. The first-order valence-electron chi connectivity index (χ1n) is 6.61. The van der Waals surface area contributed by atoms with E-state index in [9.17, 15) is 5.11 Å². The van der Waals surface area contributed by atoms with Crippen LogP contribution in [0.15, 0.2) is 47.0 Å². The topological polar surface area (TPSA) is 91.4 Å². The van der Waals surface area contributed by atoms with Gasteiger partial charge in [0.05, 0.1) is 12.7 Å². The Balaban J connectivity index is 1.77.